The first kappa shape index (κ1) is 14.3. The zero-order chi connectivity index (χ0) is 13.2. The van der Waals surface area contributed by atoms with Crippen molar-refractivity contribution in [3.63, 3.8) is 0 Å². The molecule has 0 amide bonds. The van der Waals surface area contributed by atoms with Crippen LogP contribution in [0, 0.1) is 0 Å². The zero-order valence-electron chi connectivity index (χ0n) is 11.4. The summed E-state index contributed by atoms with van der Waals surface area (Å²) in [5, 5.41) is 3.22. The Morgan fingerprint density at radius 1 is 1.39 bits per heavy atom. The van der Waals surface area contributed by atoms with Gasteiger partial charge in [0.2, 0.25) is 0 Å². The Kier molecular flexibility index (Phi) is 4.64. The maximum atomic E-state index is 5.78. The third kappa shape index (κ3) is 3.05. The first-order valence-corrected chi connectivity index (χ1v) is 7.82. The summed E-state index contributed by atoms with van der Waals surface area (Å²) < 4.78 is 0. The van der Waals surface area contributed by atoms with Gasteiger partial charge in [-0.15, -0.1) is 22.9 Å². The van der Waals surface area contributed by atoms with E-state index in [0.717, 1.165) is 18.8 Å². The van der Waals surface area contributed by atoms with Crippen LogP contribution in [0.4, 0.5) is 0 Å². The van der Waals surface area contributed by atoms with Crippen LogP contribution in [0.25, 0.3) is 0 Å². The Hall–Kier alpha value is -0.160. The summed E-state index contributed by atoms with van der Waals surface area (Å²) in [7, 11) is 6.58. The van der Waals surface area contributed by atoms with Crippen molar-refractivity contribution in [2.45, 2.75) is 37.2 Å². The number of likely N-dealkylation sites (N-methyl/N-ethyl adjacent to an activating group) is 2. The minimum atomic E-state index is 0.390. The molecule has 2 rings (SSSR count). The number of aromatic nitrogens is 1. The highest BCUT2D eigenvalue weighted by Gasteiger charge is 2.39. The monoisotopic (exact) mass is 287 g/mol. The summed E-state index contributed by atoms with van der Waals surface area (Å²) in [6.45, 7) is 2.05. The van der Waals surface area contributed by atoms with Gasteiger partial charge in [-0.3, -0.25) is 4.90 Å². The topological polar surface area (TPSA) is 19.4 Å². The van der Waals surface area contributed by atoms with E-state index in [1.807, 2.05) is 0 Å². The molecule has 0 atom stereocenters. The standard InChI is InChI=1S/C13H22ClN3S/c1-16(2)13(5-4-6-13)10-17(3)8-12-15-11(7-14)9-18-12/h9H,4-8,10H2,1-3H3. The van der Waals surface area contributed by atoms with E-state index >= 15 is 0 Å². The second-order valence-electron chi connectivity index (χ2n) is 5.51. The van der Waals surface area contributed by atoms with E-state index in [0.29, 0.717) is 11.4 Å². The minimum absolute atomic E-state index is 0.390. The lowest BCUT2D eigenvalue weighted by molar-refractivity contribution is 0.0259. The van der Waals surface area contributed by atoms with E-state index in [2.05, 4.69) is 41.3 Å². The number of hydrogen-bond donors (Lipinski definition) is 0. The van der Waals surface area contributed by atoms with Gasteiger partial charge in [0.15, 0.2) is 0 Å². The van der Waals surface area contributed by atoms with Crippen molar-refractivity contribution in [3.05, 3.63) is 16.1 Å². The Balaban J connectivity index is 1.90. The van der Waals surface area contributed by atoms with Crippen molar-refractivity contribution in [2.24, 2.45) is 0 Å². The fraction of sp³-hybridized carbons (Fsp3) is 0.769. The molecule has 1 fully saturated rings. The van der Waals surface area contributed by atoms with Crippen LogP contribution in [0.5, 0.6) is 0 Å². The molecular weight excluding hydrogens is 266 g/mol. The van der Waals surface area contributed by atoms with Crippen molar-refractivity contribution in [3.8, 4) is 0 Å². The number of hydrogen-bond acceptors (Lipinski definition) is 4. The van der Waals surface area contributed by atoms with Gasteiger partial charge in [-0.1, -0.05) is 0 Å². The van der Waals surface area contributed by atoms with E-state index in [1.54, 1.807) is 11.3 Å². The molecule has 0 aliphatic heterocycles. The van der Waals surface area contributed by atoms with Crippen LogP contribution in [0.2, 0.25) is 0 Å². The molecule has 5 heteroatoms. The number of halogens is 1. The molecule has 1 aromatic rings. The van der Waals surface area contributed by atoms with Gasteiger partial charge >= 0.3 is 0 Å². The third-order valence-electron chi connectivity index (χ3n) is 3.94. The molecule has 1 aliphatic carbocycles. The highest BCUT2D eigenvalue weighted by Crippen LogP contribution is 2.36. The van der Waals surface area contributed by atoms with Gasteiger partial charge < -0.3 is 4.90 Å². The van der Waals surface area contributed by atoms with Crippen molar-refractivity contribution in [1.29, 1.82) is 0 Å². The maximum Gasteiger partial charge on any atom is 0.107 e. The molecule has 1 aliphatic rings. The molecule has 0 saturated heterocycles. The Morgan fingerprint density at radius 3 is 2.56 bits per heavy atom. The van der Waals surface area contributed by atoms with Crippen LogP contribution in [0.1, 0.15) is 30.0 Å². The highest BCUT2D eigenvalue weighted by atomic mass is 35.5. The summed E-state index contributed by atoms with van der Waals surface area (Å²) in [4.78, 5) is 9.29. The minimum Gasteiger partial charge on any atom is -0.302 e. The quantitative estimate of drug-likeness (QED) is 0.750. The van der Waals surface area contributed by atoms with E-state index < -0.39 is 0 Å². The van der Waals surface area contributed by atoms with Gasteiger partial charge in [0, 0.05) is 17.5 Å². The molecular formula is C13H22ClN3S. The Morgan fingerprint density at radius 2 is 2.11 bits per heavy atom. The van der Waals surface area contributed by atoms with Gasteiger partial charge in [-0.2, -0.15) is 0 Å². The van der Waals surface area contributed by atoms with Crippen LogP contribution in [-0.2, 0) is 12.4 Å². The first-order valence-electron chi connectivity index (χ1n) is 6.41. The number of rotatable bonds is 6. The average Bonchev–Trinajstić information content (AvgIpc) is 2.70. The summed E-state index contributed by atoms with van der Waals surface area (Å²) >= 11 is 7.49. The van der Waals surface area contributed by atoms with Crippen LogP contribution < -0.4 is 0 Å². The highest BCUT2D eigenvalue weighted by molar-refractivity contribution is 7.09. The van der Waals surface area contributed by atoms with Crippen molar-refractivity contribution < 1.29 is 0 Å². The lowest BCUT2D eigenvalue weighted by Gasteiger charge is -2.49. The second-order valence-corrected chi connectivity index (χ2v) is 6.72. The van der Waals surface area contributed by atoms with E-state index in [4.69, 9.17) is 11.6 Å². The third-order valence-corrected chi connectivity index (χ3v) is 5.09. The molecule has 18 heavy (non-hydrogen) atoms. The number of alkyl halides is 1. The maximum absolute atomic E-state index is 5.78. The lowest BCUT2D eigenvalue weighted by Crippen LogP contribution is -2.56. The van der Waals surface area contributed by atoms with Crippen molar-refractivity contribution >= 4 is 22.9 Å². The van der Waals surface area contributed by atoms with Crippen LogP contribution >= 0.6 is 22.9 Å². The van der Waals surface area contributed by atoms with Gasteiger partial charge in [0.05, 0.1) is 18.1 Å². The molecule has 1 heterocycles. The molecule has 0 N–H and O–H groups in total. The number of nitrogens with zero attached hydrogens (tertiary/aromatic N) is 3. The van der Waals surface area contributed by atoms with Crippen molar-refractivity contribution in [1.82, 2.24) is 14.8 Å². The van der Waals surface area contributed by atoms with Gasteiger partial charge in [-0.25, -0.2) is 4.98 Å². The van der Waals surface area contributed by atoms with E-state index in [9.17, 15) is 0 Å². The fourth-order valence-corrected chi connectivity index (χ4v) is 3.71. The Bertz CT molecular complexity index is 387. The SMILES string of the molecule is CN(Cc1nc(CCl)cs1)CC1(N(C)C)CCC1. The molecule has 0 spiro atoms. The molecule has 3 nitrogen and oxygen atoms in total. The fourth-order valence-electron chi connectivity index (χ4n) is 2.60. The molecule has 1 aromatic heterocycles. The smallest absolute Gasteiger partial charge is 0.107 e. The van der Waals surface area contributed by atoms with Crippen LogP contribution in [-0.4, -0.2) is 48.0 Å². The van der Waals surface area contributed by atoms with Gasteiger partial charge in [-0.05, 0) is 40.4 Å². The molecule has 0 unspecified atom stereocenters. The summed E-state index contributed by atoms with van der Waals surface area (Å²) in [6.07, 6.45) is 3.99. The molecule has 102 valence electrons. The molecule has 1 saturated carbocycles. The summed E-state index contributed by atoms with van der Waals surface area (Å²) in [6, 6.07) is 0. The van der Waals surface area contributed by atoms with Crippen LogP contribution in [0.3, 0.4) is 0 Å². The summed E-state index contributed by atoms with van der Waals surface area (Å²) in [5.41, 5.74) is 1.39. The van der Waals surface area contributed by atoms with Crippen molar-refractivity contribution in [2.75, 3.05) is 27.7 Å². The average molecular weight is 288 g/mol. The predicted octanol–water partition coefficient (Wildman–Crippen LogP) is 2.80. The second kappa shape index (κ2) is 5.87. The van der Waals surface area contributed by atoms with E-state index in [1.165, 1.54) is 24.3 Å². The van der Waals surface area contributed by atoms with E-state index in [-0.39, 0.29) is 0 Å². The molecule has 0 aromatic carbocycles. The number of thiazole rings is 1. The van der Waals surface area contributed by atoms with Gasteiger partial charge in [0.25, 0.3) is 0 Å². The Labute approximate surface area is 119 Å². The first-order chi connectivity index (χ1) is 8.55. The zero-order valence-corrected chi connectivity index (χ0v) is 13.0. The molecule has 0 bridgehead atoms. The lowest BCUT2D eigenvalue weighted by atomic mass is 9.75. The summed E-state index contributed by atoms with van der Waals surface area (Å²) in [5.74, 6) is 0.516. The van der Waals surface area contributed by atoms with Gasteiger partial charge in [0.1, 0.15) is 5.01 Å². The van der Waals surface area contributed by atoms with Crippen LogP contribution in [0.15, 0.2) is 5.38 Å². The predicted molar refractivity (Wildman–Crippen MR) is 78.3 cm³/mol. The molecule has 0 radical (unpaired) electrons. The largest absolute Gasteiger partial charge is 0.302 e. The normalized spacial score (nSPS) is 18.3.